The molecule has 4 aromatic rings. The largest absolute Gasteiger partial charge is 0.322 e. The minimum absolute atomic E-state index is 0.0438. The van der Waals surface area contributed by atoms with Gasteiger partial charge in [-0.2, -0.15) is 0 Å². The van der Waals surface area contributed by atoms with Gasteiger partial charge < -0.3 is 10.2 Å². The van der Waals surface area contributed by atoms with Crippen LogP contribution in [0.25, 0.3) is 16.9 Å². The van der Waals surface area contributed by atoms with Crippen molar-refractivity contribution in [2.75, 3.05) is 31.5 Å². The number of hydrogen-bond donors (Lipinski definition) is 1. The molecule has 1 fully saturated rings. The summed E-state index contributed by atoms with van der Waals surface area (Å²) in [6.45, 7) is 7.85. The van der Waals surface area contributed by atoms with Gasteiger partial charge in [0.15, 0.2) is 5.65 Å². The standard InChI is InChI=1S/C27H30N6O/c1-3-21-9-11-23(12-10-21)33-25(30-24-8-5-13-28-26(24)33)19-31-14-16-32(17-15-31)27(34)29-22-7-4-6-20(2)18-22/h4-13,18H,3,14-17,19H2,1-2H3,(H,29,34). The Morgan fingerprint density at radius 1 is 1.00 bits per heavy atom. The number of aryl methyl sites for hydroxylation is 2. The number of nitrogens with one attached hydrogen (secondary N) is 1. The van der Waals surface area contributed by atoms with Gasteiger partial charge >= 0.3 is 6.03 Å². The van der Waals surface area contributed by atoms with Gasteiger partial charge in [-0.25, -0.2) is 14.8 Å². The lowest BCUT2D eigenvalue weighted by Gasteiger charge is -2.34. The third kappa shape index (κ3) is 4.65. The fourth-order valence-corrected chi connectivity index (χ4v) is 4.45. The molecule has 0 spiro atoms. The lowest BCUT2D eigenvalue weighted by atomic mass is 10.1. The molecular formula is C27H30N6O. The molecule has 1 saturated heterocycles. The number of aromatic nitrogens is 3. The van der Waals surface area contributed by atoms with Gasteiger partial charge in [0.05, 0.1) is 6.54 Å². The van der Waals surface area contributed by atoms with Crippen LogP contribution in [-0.4, -0.2) is 56.5 Å². The molecule has 7 heteroatoms. The molecule has 7 nitrogen and oxygen atoms in total. The number of pyridine rings is 1. The first-order chi connectivity index (χ1) is 16.6. The number of fused-ring (bicyclic) bond motifs is 1. The number of piperazine rings is 1. The summed E-state index contributed by atoms with van der Waals surface area (Å²) in [6, 6.07) is 20.4. The van der Waals surface area contributed by atoms with Gasteiger partial charge in [-0.05, 0) is 60.9 Å². The van der Waals surface area contributed by atoms with Crippen LogP contribution in [0, 0.1) is 6.92 Å². The number of urea groups is 1. The summed E-state index contributed by atoms with van der Waals surface area (Å²) in [5, 5.41) is 3.02. The van der Waals surface area contributed by atoms with Crippen molar-refractivity contribution in [2.45, 2.75) is 26.8 Å². The topological polar surface area (TPSA) is 66.3 Å². The molecule has 0 radical (unpaired) electrons. The maximum Gasteiger partial charge on any atom is 0.321 e. The number of anilines is 1. The van der Waals surface area contributed by atoms with E-state index in [9.17, 15) is 4.79 Å². The molecule has 0 saturated carbocycles. The lowest BCUT2D eigenvalue weighted by Crippen LogP contribution is -2.49. The molecule has 0 bridgehead atoms. The van der Waals surface area contributed by atoms with Crippen LogP contribution in [0.4, 0.5) is 10.5 Å². The maximum absolute atomic E-state index is 12.7. The quantitative estimate of drug-likeness (QED) is 0.477. The smallest absolute Gasteiger partial charge is 0.321 e. The van der Waals surface area contributed by atoms with Crippen molar-refractivity contribution in [1.82, 2.24) is 24.3 Å². The van der Waals surface area contributed by atoms with Gasteiger partial charge in [-0.15, -0.1) is 0 Å². The number of amides is 2. The highest BCUT2D eigenvalue weighted by atomic mass is 16.2. The predicted molar refractivity (Wildman–Crippen MR) is 135 cm³/mol. The molecule has 0 aliphatic carbocycles. The second-order valence-electron chi connectivity index (χ2n) is 8.79. The minimum Gasteiger partial charge on any atom is -0.322 e. The molecule has 2 amide bonds. The van der Waals surface area contributed by atoms with Crippen LogP contribution in [0.1, 0.15) is 23.9 Å². The third-order valence-corrected chi connectivity index (χ3v) is 6.38. The highest BCUT2D eigenvalue weighted by Crippen LogP contribution is 2.22. The highest BCUT2D eigenvalue weighted by molar-refractivity contribution is 5.89. The Bertz CT molecular complexity index is 1290. The Morgan fingerprint density at radius 3 is 2.53 bits per heavy atom. The second-order valence-corrected chi connectivity index (χ2v) is 8.79. The van der Waals surface area contributed by atoms with Crippen LogP contribution in [0.3, 0.4) is 0 Å². The monoisotopic (exact) mass is 454 g/mol. The summed E-state index contributed by atoms with van der Waals surface area (Å²) < 4.78 is 2.16. The average molecular weight is 455 g/mol. The Balaban J connectivity index is 1.29. The van der Waals surface area contributed by atoms with E-state index in [1.165, 1.54) is 5.56 Å². The van der Waals surface area contributed by atoms with Crippen LogP contribution < -0.4 is 5.32 Å². The summed E-state index contributed by atoms with van der Waals surface area (Å²) >= 11 is 0. The van der Waals surface area contributed by atoms with Gasteiger partial charge in [-0.1, -0.05) is 31.2 Å². The summed E-state index contributed by atoms with van der Waals surface area (Å²) in [4.78, 5) is 26.5. The molecule has 1 aliphatic rings. The van der Waals surface area contributed by atoms with E-state index < -0.39 is 0 Å². The van der Waals surface area contributed by atoms with Crippen LogP contribution >= 0.6 is 0 Å². The number of hydrogen-bond acceptors (Lipinski definition) is 4. The molecule has 1 N–H and O–H groups in total. The molecule has 174 valence electrons. The van der Waals surface area contributed by atoms with Crippen molar-refractivity contribution in [3.63, 3.8) is 0 Å². The molecule has 0 unspecified atom stereocenters. The molecule has 3 heterocycles. The Hall–Kier alpha value is -3.71. The first-order valence-corrected chi connectivity index (χ1v) is 11.9. The zero-order valence-electron chi connectivity index (χ0n) is 19.7. The van der Waals surface area contributed by atoms with E-state index in [2.05, 4.69) is 51.0 Å². The number of nitrogens with zero attached hydrogens (tertiary/aromatic N) is 5. The molecule has 2 aromatic carbocycles. The fraction of sp³-hybridized carbons (Fsp3) is 0.296. The maximum atomic E-state index is 12.7. The van der Waals surface area contributed by atoms with Crippen molar-refractivity contribution in [1.29, 1.82) is 0 Å². The van der Waals surface area contributed by atoms with Gasteiger partial charge in [-0.3, -0.25) is 9.47 Å². The first kappa shape index (κ1) is 22.1. The number of benzene rings is 2. The molecule has 34 heavy (non-hydrogen) atoms. The lowest BCUT2D eigenvalue weighted by molar-refractivity contribution is 0.140. The zero-order chi connectivity index (χ0) is 23.5. The summed E-state index contributed by atoms with van der Waals surface area (Å²) in [5.41, 5.74) is 6.12. The van der Waals surface area contributed by atoms with E-state index in [1.54, 1.807) is 0 Å². The van der Waals surface area contributed by atoms with Gasteiger partial charge in [0.2, 0.25) is 0 Å². The van der Waals surface area contributed by atoms with Gasteiger partial charge in [0.25, 0.3) is 0 Å². The summed E-state index contributed by atoms with van der Waals surface area (Å²) in [6.07, 6.45) is 2.83. The average Bonchev–Trinajstić information content (AvgIpc) is 3.22. The third-order valence-electron chi connectivity index (χ3n) is 6.38. The van der Waals surface area contributed by atoms with E-state index in [-0.39, 0.29) is 6.03 Å². The summed E-state index contributed by atoms with van der Waals surface area (Å²) in [7, 11) is 0. The van der Waals surface area contributed by atoms with Crippen molar-refractivity contribution < 1.29 is 4.79 Å². The SMILES string of the molecule is CCc1ccc(-n2c(CN3CCN(C(=O)Nc4cccc(C)c4)CC3)nc3cccnc32)cc1. The fourth-order valence-electron chi connectivity index (χ4n) is 4.45. The normalized spacial score (nSPS) is 14.5. The minimum atomic E-state index is -0.0438. The van der Waals surface area contributed by atoms with Crippen LogP contribution in [-0.2, 0) is 13.0 Å². The number of rotatable bonds is 5. The van der Waals surface area contributed by atoms with Crippen molar-refractivity contribution in [3.05, 3.63) is 83.8 Å². The zero-order valence-corrected chi connectivity index (χ0v) is 19.7. The Labute approximate surface area is 200 Å². The van der Waals surface area contributed by atoms with Crippen molar-refractivity contribution >= 4 is 22.9 Å². The molecule has 1 aliphatic heterocycles. The summed E-state index contributed by atoms with van der Waals surface area (Å²) in [5.74, 6) is 0.968. The number of carbonyl (C=O) groups is 1. The van der Waals surface area contributed by atoms with E-state index in [0.29, 0.717) is 19.6 Å². The Kier molecular flexibility index (Phi) is 6.27. The Morgan fingerprint density at radius 2 is 1.79 bits per heavy atom. The van der Waals surface area contributed by atoms with E-state index in [0.717, 1.165) is 53.4 Å². The van der Waals surface area contributed by atoms with Gasteiger partial charge in [0.1, 0.15) is 11.3 Å². The van der Waals surface area contributed by atoms with Crippen LogP contribution in [0.15, 0.2) is 66.9 Å². The second kappa shape index (κ2) is 9.65. The van der Waals surface area contributed by atoms with E-state index in [4.69, 9.17) is 4.98 Å². The van der Waals surface area contributed by atoms with Crippen LogP contribution in [0.2, 0.25) is 0 Å². The number of imidazole rings is 1. The van der Waals surface area contributed by atoms with E-state index in [1.807, 2.05) is 54.4 Å². The molecule has 0 atom stereocenters. The highest BCUT2D eigenvalue weighted by Gasteiger charge is 2.23. The molecule has 5 rings (SSSR count). The van der Waals surface area contributed by atoms with Crippen LogP contribution in [0.5, 0.6) is 0 Å². The predicted octanol–water partition coefficient (Wildman–Crippen LogP) is 4.64. The van der Waals surface area contributed by atoms with E-state index >= 15 is 0 Å². The molecule has 2 aromatic heterocycles. The van der Waals surface area contributed by atoms with Gasteiger partial charge in [0, 0.05) is 43.8 Å². The number of carbonyl (C=O) groups excluding carboxylic acids is 1. The molecular weight excluding hydrogens is 424 g/mol. The van der Waals surface area contributed by atoms with Crippen molar-refractivity contribution in [2.24, 2.45) is 0 Å². The van der Waals surface area contributed by atoms with Crippen molar-refractivity contribution in [3.8, 4) is 5.69 Å². The first-order valence-electron chi connectivity index (χ1n) is 11.9.